The minimum absolute atomic E-state index is 0.136. The molecule has 3 nitrogen and oxygen atoms in total. The van der Waals surface area contributed by atoms with Gasteiger partial charge in [-0.1, -0.05) is 12.1 Å². The first-order valence-corrected chi connectivity index (χ1v) is 7.39. The van der Waals surface area contributed by atoms with E-state index in [1.54, 1.807) is 18.2 Å². The molecule has 3 rings (SSSR count). The zero-order valence-electron chi connectivity index (χ0n) is 11.7. The maximum absolute atomic E-state index is 12.3. The molecular weight excluding hydrogens is 330 g/mol. The number of para-hydroxylation sites is 1. The second-order valence-electron chi connectivity index (χ2n) is 5.14. The molecule has 0 saturated carbocycles. The molecule has 2 N–H and O–H groups in total. The summed E-state index contributed by atoms with van der Waals surface area (Å²) in [5, 5.41) is 11.5. The van der Waals surface area contributed by atoms with Gasteiger partial charge in [0.2, 0.25) is 0 Å². The average Bonchev–Trinajstić information content (AvgIpc) is 2.46. The second-order valence-corrected chi connectivity index (χ2v) is 5.94. The van der Waals surface area contributed by atoms with Gasteiger partial charge in [-0.15, -0.1) is 0 Å². The van der Waals surface area contributed by atoms with Gasteiger partial charge in [-0.25, -0.2) is 0 Å². The molecular formula is C17H14BrNO2. The maximum Gasteiger partial charge on any atom is 0.256 e. The molecule has 0 saturated heterocycles. The molecule has 0 atom stereocenters. The Bertz CT molecular complexity index is 913. The number of halogens is 1. The van der Waals surface area contributed by atoms with E-state index in [2.05, 4.69) is 20.9 Å². The molecule has 0 bridgehead atoms. The van der Waals surface area contributed by atoms with Crippen molar-refractivity contribution in [2.75, 3.05) is 0 Å². The van der Waals surface area contributed by atoms with Gasteiger partial charge < -0.3 is 10.1 Å². The van der Waals surface area contributed by atoms with E-state index < -0.39 is 0 Å². The van der Waals surface area contributed by atoms with Crippen LogP contribution in [0.5, 0.6) is 5.75 Å². The maximum atomic E-state index is 12.3. The van der Waals surface area contributed by atoms with Gasteiger partial charge in [0.15, 0.2) is 0 Å². The zero-order chi connectivity index (χ0) is 15.1. The van der Waals surface area contributed by atoms with E-state index in [0.717, 1.165) is 21.0 Å². The van der Waals surface area contributed by atoms with Crippen LogP contribution in [-0.4, -0.2) is 10.1 Å². The van der Waals surface area contributed by atoms with E-state index in [1.807, 2.05) is 32.0 Å². The highest BCUT2D eigenvalue weighted by atomic mass is 79.9. The lowest BCUT2D eigenvalue weighted by molar-refractivity contribution is 0.477. The quantitative estimate of drug-likeness (QED) is 0.692. The monoisotopic (exact) mass is 343 g/mol. The lowest BCUT2D eigenvalue weighted by atomic mass is 10.0. The van der Waals surface area contributed by atoms with Crippen LogP contribution in [0.15, 0.2) is 45.7 Å². The molecule has 0 fully saturated rings. The van der Waals surface area contributed by atoms with Crippen LogP contribution in [0.1, 0.15) is 11.1 Å². The Hall–Kier alpha value is -2.07. The summed E-state index contributed by atoms with van der Waals surface area (Å²) in [7, 11) is 0. The largest absolute Gasteiger partial charge is 0.507 e. The molecule has 4 heteroatoms. The summed E-state index contributed by atoms with van der Waals surface area (Å²) in [6.45, 7) is 4.00. The molecule has 3 aromatic rings. The van der Waals surface area contributed by atoms with Crippen LogP contribution in [0.3, 0.4) is 0 Å². The molecule has 0 radical (unpaired) electrons. The molecule has 0 spiro atoms. The van der Waals surface area contributed by atoms with Crippen LogP contribution in [-0.2, 0) is 0 Å². The number of pyridine rings is 1. The summed E-state index contributed by atoms with van der Waals surface area (Å²) >= 11 is 3.56. The second kappa shape index (κ2) is 5.04. The van der Waals surface area contributed by atoms with Crippen molar-refractivity contribution in [3.05, 3.63) is 62.4 Å². The van der Waals surface area contributed by atoms with E-state index in [-0.39, 0.29) is 11.3 Å². The van der Waals surface area contributed by atoms with Crippen LogP contribution in [0.4, 0.5) is 0 Å². The fourth-order valence-corrected chi connectivity index (χ4v) is 3.07. The Labute approximate surface area is 130 Å². The first-order valence-electron chi connectivity index (χ1n) is 6.60. The van der Waals surface area contributed by atoms with Crippen LogP contribution >= 0.6 is 15.9 Å². The lowest BCUT2D eigenvalue weighted by Crippen LogP contribution is -2.09. The first kappa shape index (κ1) is 13.9. The Morgan fingerprint density at radius 1 is 1.05 bits per heavy atom. The Balaban J connectivity index is 2.42. The predicted molar refractivity (Wildman–Crippen MR) is 88.8 cm³/mol. The molecule has 0 unspecified atom stereocenters. The third-order valence-corrected chi connectivity index (χ3v) is 4.57. The topological polar surface area (TPSA) is 53.1 Å². The van der Waals surface area contributed by atoms with Gasteiger partial charge in [-0.3, -0.25) is 4.79 Å². The highest BCUT2D eigenvalue weighted by Crippen LogP contribution is 2.36. The van der Waals surface area contributed by atoms with Crippen LogP contribution < -0.4 is 5.56 Å². The number of phenols is 1. The normalized spacial score (nSPS) is 11.0. The zero-order valence-corrected chi connectivity index (χ0v) is 13.3. The third-order valence-electron chi connectivity index (χ3n) is 3.75. The minimum Gasteiger partial charge on any atom is -0.507 e. The number of rotatable bonds is 1. The van der Waals surface area contributed by atoms with Gasteiger partial charge in [0.1, 0.15) is 5.75 Å². The Morgan fingerprint density at radius 2 is 1.67 bits per heavy atom. The number of hydrogen-bond acceptors (Lipinski definition) is 2. The average molecular weight is 344 g/mol. The summed E-state index contributed by atoms with van der Waals surface area (Å²) < 4.78 is 0.779. The third kappa shape index (κ3) is 2.25. The summed E-state index contributed by atoms with van der Waals surface area (Å²) in [5.74, 6) is 0.136. The van der Waals surface area contributed by atoms with Gasteiger partial charge in [0, 0.05) is 20.8 Å². The molecule has 0 amide bonds. The number of aromatic amines is 1. The van der Waals surface area contributed by atoms with Gasteiger partial charge in [-0.05, 0) is 65.2 Å². The first-order chi connectivity index (χ1) is 9.99. The molecule has 106 valence electrons. The molecule has 2 aromatic carbocycles. The number of aromatic nitrogens is 1. The van der Waals surface area contributed by atoms with Gasteiger partial charge >= 0.3 is 0 Å². The Morgan fingerprint density at radius 3 is 2.33 bits per heavy atom. The van der Waals surface area contributed by atoms with Gasteiger partial charge in [-0.2, -0.15) is 0 Å². The number of aromatic hydroxyl groups is 1. The highest BCUT2D eigenvalue weighted by molar-refractivity contribution is 9.10. The van der Waals surface area contributed by atoms with Crippen molar-refractivity contribution in [1.29, 1.82) is 0 Å². The number of benzene rings is 2. The van der Waals surface area contributed by atoms with E-state index in [4.69, 9.17) is 0 Å². The van der Waals surface area contributed by atoms with Crippen LogP contribution in [0.25, 0.3) is 22.0 Å². The molecule has 1 aromatic heterocycles. The van der Waals surface area contributed by atoms with E-state index in [0.29, 0.717) is 16.6 Å². The van der Waals surface area contributed by atoms with Crippen molar-refractivity contribution >= 4 is 26.7 Å². The molecule has 1 heterocycles. The lowest BCUT2D eigenvalue weighted by Gasteiger charge is -2.11. The van der Waals surface area contributed by atoms with Crippen LogP contribution in [0.2, 0.25) is 0 Å². The number of aryl methyl sites for hydroxylation is 2. The number of hydrogen-bond donors (Lipinski definition) is 2. The summed E-state index contributed by atoms with van der Waals surface area (Å²) in [4.78, 5) is 15.2. The van der Waals surface area contributed by atoms with Gasteiger partial charge in [0.25, 0.3) is 5.56 Å². The predicted octanol–water partition coefficient (Wildman–Crippen LogP) is 4.28. The Kier molecular flexibility index (Phi) is 3.33. The molecule has 21 heavy (non-hydrogen) atoms. The fraction of sp³-hybridized carbons (Fsp3) is 0.118. The molecule has 0 aliphatic rings. The van der Waals surface area contributed by atoms with E-state index >= 15 is 0 Å². The molecule has 0 aliphatic carbocycles. The number of nitrogens with one attached hydrogen (secondary N) is 1. The number of phenolic OH excluding ortho intramolecular Hbond substituents is 1. The SMILES string of the molecule is Cc1cc2c(Br)c(-c3ccccc3O)[nH]c(=O)c2cc1C. The van der Waals surface area contributed by atoms with Crippen molar-refractivity contribution in [2.24, 2.45) is 0 Å². The van der Waals surface area contributed by atoms with Crippen molar-refractivity contribution in [1.82, 2.24) is 4.98 Å². The highest BCUT2D eigenvalue weighted by Gasteiger charge is 2.14. The van der Waals surface area contributed by atoms with E-state index in [1.165, 1.54) is 0 Å². The summed E-state index contributed by atoms with van der Waals surface area (Å²) in [6, 6.07) is 10.8. The van der Waals surface area contributed by atoms with Crippen molar-refractivity contribution < 1.29 is 5.11 Å². The smallest absolute Gasteiger partial charge is 0.256 e. The standard InChI is InChI=1S/C17H14BrNO2/c1-9-7-12-13(8-10(9)2)17(21)19-16(15(12)18)11-5-3-4-6-14(11)20/h3-8,20H,1-2H3,(H,19,21). The van der Waals surface area contributed by atoms with Crippen molar-refractivity contribution in [2.45, 2.75) is 13.8 Å². The number of fused-ring (bicyclic) bond motifs is 1. The van der Waals surface area contributed by atoms with Gasteiger partial charge in [0.05, 0.1) is 5.69 Å². The summed E-state index contributed by atoms with van der Waals surface area (Å²) in [5.41, 5.74) is 3.23. The number of H-pyrrole nitrogens is 1. The molecule has 0 aliphatic heterocycles. The van der Waals surface area contributed by atoms with E-state index in [9.17, 15) is 9.90 Å². The van der Waals surface area contributed by atoms with Crippen LogP contribution in [0, 0.1) is 13.8 Å². The summed E-state index contributed by atoms with van der Waals surface area (Å²) in [6.07, 6.45) is 0. The fourth-order valence-electron chi connectivity index (χ4n) is 2.43. The van der Waals surface area contributed by atoms with Crippen molar-refractivity contribution in [3.8, 4) is 17.0 Å². The van der Waals surface area contributed by atoms with Crippen molar-refractivity contribution in [3.63, 3.8) is 0 Å². The minimum atomic E-state index is -0.158.